The molecular weight excluding hydrogens is 206 g/mol. The predicted octanol–water partition coefficient (Wildman–Crippen LogP) is 2.93. The molecule has 3 N–H and O–H groups in total. The summed E-state index contributed by atoms with van der Waals surface area (Å²) in [5.74, 6) is 5.13. The number of nitrogen functional groups attached to an aromatic ring is 1. The minimum Gasteiger partial charge on any atom is -0.323 e. The maximum atomic E-state index is 5.72. The predicted molar refractivity (Wildman–Crippen MR) is 49.3 cm³/mol. The fourth-order valence-corrected chi connectivity index (χ4v) is 1.23. The lowest BCUT2D eigenvalue weighted by molar-refractivity contribution is 1.35. The number of nitrogens with one attached hydrogen (secondary N) is 1. The lowest BCUT2D eigenvalue weighted by atomic mass is 10.3. The van der Waals surface area contributed by atoms with Gasteiger partial charge in [0, 0.05) is 0 Å². The van der Waals surface area contributed by atoms with Crippen molar-refractivity contribution in [3.63, 3.8) is 0 Å². The van der Waals surface area contributed by atoms with Crippen LogP contribution in [0, 0.1) is 0 Å². The Morgan fingerprint density at radius 3 is 2.09 bits per heavy atom. The van der Waals surface area contributed by atoms with Gasteiger partial charge in [0.1, 0.15) is 0 Å². The van der Waals surface area contributed by atoms with Crippen LogP contribution in [0.2, 0.25) is 15.1 Å². The average molecular weight is 211 g/mol. The molecule has 0 aliphatic heterocycles. The number of benzene rings is 1. The van der Waals surface area contributed by atoms with Gasteiger partial charge in [0.15, 0.2) is 0 Å². The molecule has 0 saturated carbocycles. The Balaban J connectivity index is 3.21. The van der Waals surface area contributed by atoms with E-state index < -0.39 is 0 Å². The van der Waals surface area contributed by atoms with E-state index in [0.29, 0.717) is 20.8 Å². The van der Waals surface area contributed by atoms with E-state index in [4.69, 9.17) is 40.6 Å². The molecule has 0 atom stereocenters. The van der Waals surface area contributed by atoms with Crippen LogP contribution in [0.4, 0.5) is 5.69 Å². The summed E-state index contributed by atoms with van der Waals surface area (Å²) < 4.78 is 0. The van der Waals surface area contributed by atoms with Crippen LogP contribution >= 0.6 is 34.8 Å². The third kappa shape index (κ3) is 1.91. The number of hydrazine groups is 1. The SMILES string of the molecule is NNc1cc(Cl)c(Cl)cc1Cl. The first-order valence-corrected chi connectivity index (χ1v) is 3.89. The normalized spacial score (nSPS) is 9.82. The van der Waals surface area contributed by atoms with E-state index in [1.54, 1.807) is 6.07 Å². The van der Waals surface area contributed by atoms with Crippen molar-refractivity contribution < 1.29 is 0 Å². The van der Waals surface area contributed by atoms with Gasteiger partial charge in [0.2, 0.25) is 0 Å². The highest BCUT2D eigenvalue weighted by atomic mass is 35.5. The average Bonchev–Trinajstić information content (AvgIpc) is 1.97. The number of anilines is 1. The standard InChI is InChI=1S/C6H5Cl3N2/c7-3-1-5(9)6(11-10)2-4(3)8/h1-2,11H,10H2. The van der Waals surface area contributed by atoms with Gasteiger partial charge in [-0.05, 0) is 12.1 Å². The zero-order chi connectivity index (χ0) is 8.43. The van der Waals surface area contributed by atoms with Crippen LogP contribution in [0.15, 0.2) is 12.1 Å². The Labute approximate surface area is 79.2 Å². The van der Waals surface area contributed by atoms with E-state index in [1.807, 2.05) is 0 Å². The number of nitrogens with two attached hydrogens (primary N) is 1. The Bertz CT molecular complexity index is 275. The summed E-state index contributed by atoms with van der Waals surface area (Å²) in [6.45, 7) is 0. The third-order valence-electron chi connectivity index (χ3n) is 1.17. The summed E-state index contributed by atoms with van der Waals surface area (Å²) in [7, 11) is 0. The van der Waals surface area contributed by atoms with Crippen LogP contribution in [0.1, 0.15) is 0 Å². The summed E-state index contributed by atoms with van der Waals surface area (Å²) >= 11 is 17.1. The topological polar surface area (TPSA) is 38.0 Å². The van der Waals surface area contributed by atoms with E-state index >= 15 is 0 Å². The molecule has 0 unspecified atom stereocenters. The summed E-state index contributed by atoms with van der Waals surface area (Å²) in [6.07, 6.45) is 0. The summed E-state index contributed by atoms with van der Waals surface area (Å²) in [6, 6.07) is 3.09. The number of hydrogen-bond donors (Lipinski definition) is 2. The highest BCUT2D eigenvalue weighted by Gasteiger charge is 2.03. The fourth-order valence-electron chi connectivity index (χ4n) is 0.633. The molecule has 0 amide bonds. The Kier molecular flexibility index (Phi) is 2.84. The van der Waals surface area contributed by atoms with Crippen molar-refractivity contribution >= 4 is 40.5 Å². The van der Waals surface area contributed by atoms with Gasteiger partial charge in [-0.25, -0.2) is 0 Å². The highest BCUT2D eigenvalue weighted by Crippen LogP contribution is 2.31. The molecule has 0 aliphatic carbocycles. The van der Waals surface area contributed by atoms with Crippen molar-refractivity contribution in [2.45, 2.75) is 0 Å². The van der Waals surface area contributed by atoms with Crippen LogP contribution in [0.3, 0.4) is 0 Å². The lowest BCUT2D eigenvalue weighted by Gasteiger charge is -2.03. The molecule has 1 aromatic carbocycles. The maximum absolute atomic E-state index is 5.72. The van der Waals surface area contributed by atoms with Crippen LogP contribution in [-0.2, 0) is 0 Å². The highest BCUT2D eigenvalue weighted by molar-refractivity contribution is 6.44. The van der Waals surface area contributed by atoms with Crippen LogP contribution in [0.5, 0.6) is 0 Å². The first kappa shape index (κ1) is 8.94. The van der Waals surface area contributed by atoms with Gasteiger partial charge in [0.05, 0.1) is 20.8 Å². The molecule has 0 fully saturated rings. The fraction of sp³-hybridized carbons (Fsp3) is 0. The lowest BCUT2D eigenvalue weighted by Crippen LogP contribution is -2.06. The molecule has 60 valence electrons. The first-order valence-electron chi connectivity index (χ1n) is 2.76. The maximum Gasteiger partial charge on any atom is 0.0687 e. The molecule has 5 heteroatoms. The van der Waals surface area contributed by atoms with E-state index in [-0.39, 0.29) is 0 Å². The van der Waals surface area contributed by atoms with Gasteiger partial charge in [0.25, 0.3) is 0 Å². The van der Waals surface area contributed by atoms with Gasteiger partial charge >= 0.3 is 0 Å². The zero-order valence-corrected chi connectivity index (χ0v) is 7.63. The largest absolute Gasteiger partial charge is 0.323 e. The van der Waals surface area contributed by atoms with Crippen LogP contribution in [0.25, 0.3) is 0 Å². The van der Waals surface area contributed by atoms with Crippen molar-refractivity contribution in [3.8, 4) is 0 Å². The van der Waals surface area contributed by atoms with Gasteiger partial charge in [-0.3, -0.25) is 5.84 Å². The van der Waals surface area contributed by atoms with Crippen molar-refractivity contribution in [2.75, 3.05) is 5.43 Å². The van der Waals surface area contributed by atoms with Crippen molar-refractivity contribution in [1.82, 2.24) is 0 Å². The van der Waals surface area contributed by atoms with Gasteiger partial charge in [-0.1, -0.05) is 34.8 Å². The quantitative estimate of drug-likeness (QED) is 0.426. The molecule has 1 rings (SSSR count). The smallest absolute Gasteiger partial charge is 0.0687 e. The van der Waals surface area contributed by atoms with E-state index in [1.165, 1.54) is 6.07 Å². The second-order valence-corrected chi connectivity index (χ2v) is 3.11. The van der Waals surface area contributed by atoms with Crippen LogP contribution in [-0.4, -0.2) is 0 Å². The van der Waals surface area contributed by atoms with E-state index in [9.17, 15) is 0 Å². The molecule has 1 aromatic rings. The number of halogens is 3. The van der Waals surface area contributed by atoms with Crippen molar-refractivity contribution in [2.24, 2.45) is 5.84 Å². The molecule has 0 aliphatic rings. The van der Waals surface area contributed by atoms with Gasteiger partial charge < -0.3 is 5.43 Å². The van der Waals surface area contributed by atoms with E-state index in [2.05, 4.69) is 5.43 Å². The molecule has 0 saturated heterocycles. The minimum absolute atomic E-state index is 0.413. The molecular formula is C6H5Cl3N2. The molecule has 0 spiro atoms. The number of hydrogen-bond acceptors (Lipinski definition) is 2. The summed E-state index contributed by atoms with van der Waals surface area (Å²) in [4.78, 5) is 0. The van der Waals surface area contributed by atoms with Gasteiger partial charge in [-0.2, -0.15) is 0 Å². The van der Waals surface area contributed by atoms with Crippen molar-refractivity contribution in [1.29, 1.82) is 0 Å². The van der Waals surface area contributed by atoms with Gasteiger partial charge in [-0.15, -0.1) is 0 Å². The zero-order valence-electron chi connectivity index (χ0n) is 5.37. The molecule has 0 heterocycles. The second kappa shape index (κ2) is 3.50. The van der Waals surface area contributed by atoms with Crippen molar-refractivity contribution in [3.05, 3.63) is 27.2 Å². The Hall–Kier alpha value is -0.150. The molecule has 0 aromatic heterocycles. The Morgan fingerprint density at radius 1 is 1.00 bits per heavy atom. The summed E-state index contributed by atoms with van der Waals surface area (Å²) in [5, 5.41) is 1.28. The first-order chi connectivity index (χ1) is 5.15. The minimum atomic E-state index is 0.413. The third-order valence-corrected chi connectivity index (χ3v) is 2.20. The molecule has 0 bridgehead atoms. The second-order valence-electron chi connectivity index (χ2n) is 1.89. The molecule has 11 heavy (non-hydrogen) atoms. The summed E-state index contributed by atoms with van der Waals surface area (Å²) in [5.41, 5.74) is 2.94. The number of rotatable bonds is 1. The molecule has 2 nitrogen and oxygen atoms in total. The Morgan fingerprint density at radius 2 is 1.55 bits per heavy atom. The van der Waals surface area contributed by atoms with E-state index in [0.717, 1.165) is 0 Å². The monoisotopic (exact) mass is 210 g/mol. The molecule has 0 radical (unpaired) electrons. The van der Waals surface area contributed by atoms with Crippen LogP contribution < -0.4 is 11.3 Å².